The lowest BCUT2D eigenvalue weighted by atomic mass is 10.1. The van der Waals surface area contributed by atoms with Crippen molar-refractivity contribution in [1.82, 2.24) is 10.3 Å². The second-order valence-electron chi connectivity index (χ2n) is 7.79. The van der Waals surface area contributed by atoms with Crippen LogP contribution in [0, 0.1) is 10.1 Å². The average Bonchev–Trinajstić information content (AvgIpc) is 3.48. The van der Waals surface area contributed by atoms with Crippen molar-refractivity contribution in [3.8, 4) is 11.5 Å². The van der Waals surface area contributed by atoms with Crippen molar-refractivity contribution in [3.05, 3.63) is 63.0 Å². The molecule has 0 bridgehead atoms. The molecule has 0 spiro atoms. The van der Waals surface area contributed by atoms with E-state index < -0.39 is 10.7 Å². The minimum atomic E-state index is -0.600. The molecule has 1 aliphatic rings. The number of benzene rings is 2. The van der Waals surface area contributed by atoms with Gasteiger partial charge in [0.2, 0.25) is 5.78 Å². The van der Waals surface area contributed by atoms with Crippen LogP contribution in [-0.2, 0) is 0 Å². The molecule has 4 N–H and O–H groups in total. The predicted molar refractivity (Wildman–Crippen MR) is 130 cm³/mol. The molecular formula is C23H25N5O5S. The number of anilines is 3. The van der Waals surface area contributed by atoms with E-state index in [9.17, 15) is 14.9 Å². The highest BCUT2D eigenvalue weighted by Gasteiger charge is 2.23. The summed E-state index contributed by atoms with van der Waals surface area (Å²) < 4.78 is 10.8. The minimum absolute atomic E-state index is 0.0523. The van der Waals surface area contributed by atoms with Gasteiger partial charge in [0.25, 0.3) is 0 Å². The van der Waals surface area contributed by atoms with Gasteiger partial charge in [-0.25, -0.2) is 4.98 Å². The SMILES string of the molecule is COc1ccc(C(=O)c2sc(Nc3ccc(OCCC4CCCN4)cc3)nc2N)cc1[N+](=O)[O-]. The molecule has 0 aliphatic carbocycles. The van der Waals surface area contributed by atoms with Gasteiger partial charge in [0, 0.05) is 23.4 Å². The monoisotopic (exact) mass is 483 g/mol. The number of rotatable bonds is 10. The molecule has 0 radical (unpaired) electrons. The van der Waals surface area contributed by atoms with E-state index in [4.69, 9.17) is 15.2 Å². The maximum atomic E-state index is 12.9. The Hall–Kier alpha value is -3.70. The number of nitrogen functional groups attached to an aromatic ring is 1. The summed E-state index contributed by atoms with van der Waals surface area (Å²) in [4.78, 5) is 28.0. The summed E-state index contributed by atoms with van der Waals surface area (Å²) in [6, 6.07) is 12.0. The molecule has 4 rings (SSSR count). The normalized spacial score (nSPS) is 15.1. The van der Waals surface area contributed by atoms with Gasteiger partial charge < -0.3 is 25.8 Å². The number of nitrogens with two attached hydrogens (primary N) is 1. The number of methoxy groups -OCH3 is 1. The molecule has 0 saturated carbocycles. The molecule has 1 aliphatic heterocycles. The Morgan fingerprint density at radius 3 is 2.79 bits per heavy atom. The van der Waals surface area contributed by atoms with Crippen molar-refractivity contribution in [1.29, 1.82) is 0 Å². The highest BCUT2D eigenvalue weighted by atomic mass is 32.1. The summed E-state index contributed by atoms with van der Waals surface area (Å²) in [6.45, 7) is 1.74. The fraction of sp³-hybridized carbons (Fsp3) is 0.304. The number of nitrogens with zero attached hydrogens (tertiary/aromatic N) is 2. The van der Waals surface area contributed by atoms with E-state index >= 15 is 0 Å². The lowest BCUT2D eigenvalue weighted by molar-refractivity contribution is -0.385. The first-order chi connectivity index (χ1) is 16.4. The van der Waals surface area contributed by atoms with Gasteiger partial charge in [-0.2, -0.15) is 0 Å². The Morgan fingerprint density at radius 1 is 1.32 bits per heavy atom. The zero-order valence-corrected chi connectivity index (χ0v) is 19.4. The zero-order valence-electron chi connectivity index (χ0n) is 18.6. The number of carbonyl (C=O) groups excluding carboxylic acids is 1. The van der Waals surface area contributed by atoms with Crippen LogP contribution in [0.15, 0.2) is 42.5 Å². The Bertz CT molecular complexity index is 1170. The number of nitro groups is 1. The van der Waals surface area contributed by atoms with Crippen LogP contribution in [0.5, 0.6) is 11.5 Å². The molecule has 11 heteroatoms. The Labute approximate surface area is 200 Å². The molecule has 1 unspecified atom stereocenters. The first kappa shape index (κ1) is 23.5. The highest BCUT2D eigenvalue weighted by Crippen LogP contribution is 2.33. The van der Waals surface area contributed by atoms with Crippen LogP contribution in [-0.4, -0.2) is 42.0 Å². The third-order valence-electron chi connectivity index (χ3n) is 5.50. The van der Waals surface area contributed by atoms with Gasteiger partial charge >= 0.3 is 5.69 Å². The number of thiazole rings is 1. The maximum Gasteiger partial charge on any atom is 0.311 e. The molecule has 1 saturated heterocycles. The average molecular weight is 484 g/mol. The van der Waals surface area contributed by atoms with Crippen molar-refractivity contribution < 1.29 is 19.2 Å². The molecule has 0 amide bonds. The fourth-order valence-corrected chi connectivity index (χ4v) is 4.60. The number of hydrogen-bond acceptors (Lipinski definition) is 10. The third kappa shape index (κ3) is 5.43. The maximum absolute atomic E-state index is 12.9. The van der Waals surface area contributed by atoms with E-state index in [0.717, 1.165) is 35.7 Å². The van der Waals surface area contributed by atoms with Crippen LogP contribution in [0.3, 0.4) is 0 Å². The van der Waals surface area contributed by atoms with E-state index in [-0.39, 0.29) is 27.7 Å². The van der Waals surface area contributed by atoms with Crippen molar-refractivity contribution in [2.75, 3.05) is 31.3 Å². The van der Waals surface area contributed by atoms with Gasteiger partial charge in [0.15, 0.2) is 10.9 Å². The molecule has 2 aromatic carbocycles. The number of carbonyl (C=O) groups is 1. The summed E-state index contributed by atoms with van der Waals surface area (Å²) >= 11 is 1.08. The summed E-state index contributed by atoms with van der Waals surface area (Å²) in [5.74, 6) is 0.453. The zero-order chi connectivity index (χ0) is 24.1. The molecule has 10 nitrogen and oxygen atoms in total. The second kappa shape index (κ2) is 10.5. The number of nitro benzene ring substituents is 1. The molecule has 1 aromatic heterocycles. The molecule has 2 heterocycles. The van der Waals surface area contributed by atoms with Crippen LogP contribution in [0.2, 0.25) is 0 Å². The van der Waals surface area contributed by atoms with Crippen molar-refractivity contribution in [2.24, 2.45) is 0 Å². The number of aromatic nitrogens is 1. The van der Waals surface area contributed by atoms with Gasteiger partial charge in [-0.3, -0.25) is 14.9 Å². The predicted octanol–water partition coefficient (Wildman–Crippen LogP) is 4.14. The molecule has 34 heavy (non-hydrogen) atoms. The molecule has 178 valence electrons. The van der Waals surface area contributed by atoms with Gasteiger partial charge in [0.05, 0.1) is 18.6 Å². The van der Waals surface area contributed by atoms with Crippen LogP contribution < -0.4 is 25.8 Å². The van der Waals surface area contributed by atoms with E-state index in [1.165, 1.54) is 38.2 Å². The van der Waals surface area contributed by atoms with Crippen molar-refractivity contribution >= 4 is 39.4 Å². The van der Waals surface area contributed by atoms with Gasteiger partial charge in [0.1, 0.15) is 16.4 Å². The van der Waals surface area contributed by atoms with Crippen molar-refractivity contribution in [3.63, 3.8) is 0 Å². The standard InChI is InChI=1S/C23H25N5O5S/c1-32-19-9-4-14(13-18(19)28(30)31)20(29)21-22(24)27-23(34-21)26-16-5-7-17(8-6-16)33-12-10-15-3-2-11-25-15/h4-9,13,15,25H,2-3,10-12,24H2,1H3,(H,26,27). The third-order valence-corrected chi connectivity index (χ3v) is 6.49. The highest BCUT2D eigenvalue weighted by molar-refractivity contribution is 7.18. The summed E-state index contributed by atoms with van der Waals surface area (Å²) in [5.41, 5.74) is 6.57. The number of hydrogen-bond donors (Lipinski definition) is 3. The van der Waals surface area contributed by atoms with Crippen molar-refractivity contribution in [2.45, 2.75) is 25.3 Å². The minimum Gasteiger partial charge on any atom is -0.494 e. The van der Waals surface area contributed by atoms with Gasteiger partial charge in [-0.1, -0.05) is 11.3 Å². The van der Waals surface area contributed by atoms with Gasteiger partial charge in [-0.05, 0) is 62.2 Å². The lowest BCUT2D eigenvalue weighted by Crippen LogP contribution is -2.23. The summed E-state index contributed by atoms with van der Waals surface area (Å²) in [7, 11) is 1.33. The quantitative estimate of drug-likeness (QED) is 0.220. The topological polar surface area (TPSA) is 142 Å². The van der Waals surface area contributed by atoms with E-state index in [1.807, 2.05) is 24.3 Å². The van der Waals surface area contributed by atoms with E-state index in [1.54, 1.807) is 0 Å². The summed E-state index contributed by atoms with van der Waals surface area (Å²) in [5, 5.41) is 18.3. The lowest BCUT2D eigenvalue weighted by Gasteiger charge is -2.11. The molecular weight excluding hydrogens is 458 g/mol. The first-order valence-electron chi connectivity index (χ1n) is 10.8. The Morgan fingerprint density at radius 2 is 2.12 bits per heavy atom. The molecule has 1 atom stereocenters. The molecule has 1 fully saturated rings. The largest absolute Gasteiger partial charge is 0.494 e. The Balaban J connectivity index is 1.40. The number of ketones is 1. The Kier molecular flexibility index (Phi) is 7.24. The van der Waals surface area contributed by atoms with Crippen LogP contribution >= 0.6 is 11.3 Å². The fourth-order valence-electron chi connectivity index (χ4n) is 3.73. The number of nitrogens with one attached hydrogen (secondary N) is 2. The smallest absolute Gasteiger partial charge is 0.311 e. The van der Waals surface area contributed by atoms with Crippen LogP contribution in [0.1, 0.15) is 34.5 Å². The van der Waals surface area contributed by atoms with Crippen LogP contribution in [0.25, 0.3) is 0 Å². The number of ether oxygens (including phenoxy) is 2. The second-order valence-corrected chi connectivity index (χ2v) is 8.79. The first-order valence-corrected chi connectivity index (χ1v) is 11.6. The van der Waals surface area contributed by atoms with Gasteiger partial charge in [-0.15, -0.1) is 0 Å². The van der Waals surface area contributed by atoms with Crippen LogP contribution in [0.4, 0.5) is 22.3 Å². The van der Waals surface area contributed by atoms with E-state index in [0.29, 0.717) is 17.8 Å². The molecule has 3 aromatic rings. The summed E-state index contributed by atoms with van der Waals surface area (Å²) in [6.07, 6.45) is 3.40. The van der Waals surface area contributed by atoms with E-state index in [2.05, 4.69) is 15.6 Å².